The third-order valence-electron chi connectivity index (χ3n) is 4.03. The summed E-state index contributed by atoms with van der Waals surface area (Å²) in [5.74, 6) is -0.584. The van der Waals surface area contributed by atoms with E-state index in [0.717, 1.165) is 16.2 Å². The number of amides is 1. The van der Waals surface area contributed by atoms with Crippen LogP contribution in [-0.4, -0.2) is 28.4 Å². The van der Waals surface area contributed by atoms with Crippen LogP contribution in [0.2, 0.25) is 0 Å². The van der Waals surface area contributed by atoms with Crippen LogP contribution in [0, 0.1) is 0 Å². The van der Waals surface area contributed by atoms with Crippen LogP contribution in [0.1, 0.15) is 21.6 Å². The Morgan fingerprint density at radius 1 is 1.13 bits per heavy atom. The first-order valence-corrected chi connectivity index (χ1v) is 9.64. The standard InChI is InChI=1S/C20H17BrF3N5O/c21-14-7-5-13(6-8-14)18(30)29-19(26-10-9-15-11-25-12-27-15)28-17-4-2-1-3-16(17)20(22,23)24/h1-8,11-12H,9-10H2,(H,25,27)(H2,26,28,29,30). The van der Waals surface area contributed by atoms with E-state index in [4.69, 9.17) is 0 Å². The molecule has 0 aliphatic carbocycles. The van der Waals surface area contributed by atoms with Gasteiger partial charge in [-0.15, -0.1) is 0 Å². The van der Waals surface area contributed by atoms with Crippen molar-refractivity contribution in [1.29, 1.82) is 0 Å². The fourth-order valence-corrected chi connectivity index (χ4v) is 2.83. The monoisotopic (exact) mass is 479 g/mol. The molecule has 0 saturated heterocycles. The second-order valence-electron chi connectivity index (χ2n) is 6.19. The van der Waals surface area contributed by atoms with Crippen molar-refractivity contribution < 1.29 is 18.0 Å². The summed E-state index contributed by atoms with van der Waals surface area (Å²) in [5.41, 5.74) is 0.0870. The van der Waals surface area contributed by atoms with Gasteiger partial charge in [-0.2, -0.15) is 13.2 Å². The van der Waals surface area contributed by atoms with Gasteiger partial charge in [-0.05, 0) is 36.4 Å². The Morgan fingerprint density at radius 2 is 1.87 bits per heavy atom. The molecule has 0 spiro atoms. The molecule has 0 bridgehead atoms. The van der Waals surface area contributed by atoms with Gasteiger partial charge < -0.3 is 10.3 Å². The van der Waals surface area contributed by atoms with Crippen molar-refractivity contribution in [2.75, 3.05) is 11.9 Å². The van der Waals surface area contributed by atoms with Crippen molar-refractivity contribution in [2.45, 2.75) is 12.6 Å². The molecule has 30 heavy (non-hydrogen) atoms. The minimum Gasteiger partial charge on any atom is -0.348 e. The van der Waals surface area contributed by atoms with Gasteiger partial charge in [0.05, 0.1) is 17.6 Å². The molecule has 0 radical (unpaired) electrons. The van der Waals surface area contributed by atoms with Gasteiger partial charge in [-0.1, -0.05) is 28.1 Å². The lowest BCUT2D eigenvalue weighted by Crippen LogP contribution is -2.36. The molecule has 0 unspecified atom stereocenters. The zero-order valence-electron chi connectivity index (χ0n) is 15.5. The van der Waals surface area contributed by atoms with Gasteiger partial charge in [0, 0.05) is 34.9 Å². The zero-order valence-corrected chi connectivity index (χ0v) is 17.1. The topological polar surface area (TPSA) is 82.2 Å². The van der Waals surface area contributed by atoms with Gasteiger partial charge in [0.1, 0.15) is 0 Å². The zero-order chi connectivity index (χ0) is 21.6. The molecule has 1 heterocycles. The van der Waals surface area contributed by atoms with Gasteiger partial charge in [0.2, 0.25) is 5.96 Å². The molecule has 1 amide bonds. The number of benzene rings is 2. The van der Waals surface area contributed by atoms with Crippen LogP contribution in [0.3, 0.4) is 0 Å². The van der Waals surface area contributed by atoms with Crippen LogP contribution >= 0.6 is 15.9 Å². The number of anilines is 1. The summed E-state index contributed by atoms with van der Waals surface area (Å²) in [6, 6.07) is 11.6. The Bertz CT molecular complexity index is 1020. The van der Waals surface area contributed by atoms with E-state index in [1.807, 2.05) is 0 Å². The Kier molecular flexibility index (Phi) is 6.88. The molecule has 3 aromatic rings. The lowest BCUT2D eigenvalue weighted by molar-refractivity contribution is -0.136. The molecular formula is C20H17BrF3N5O. The van der Waals surface area contributed by atoms with Gasteiger partial charge in [0.25, 0.3) is 5.91 Å². The first-order valence-electron chi connectivity index (χ1n) is 8.85. The van der Waals surface area contributed by atoms with Crippen LogP contribution < -0.4 is 10.6 Å². The number of hydrogen-bond acceptors (Lipinski definition) is 3. The number of hydrogen-bond donors (Lipinski definition) is 3. The largest absolute Gasteiger partial charge is 0.418 e. The minimum absolute atomic E-state index is 0.0841. The average Bonchev–Trinajstić information content (AvgIpc) is 3.21. The molecule has 3 rings (SSSR count). The van der Waals surface area contributed by atoms with Crippen LogP contribution in [0.25, 0.3) is 0 Å². The van der Waals surface area contributed by atoms with E-state index < -0.39 is 17.6 Å². The third kappa shape index (κ3) is 5.93. The second-order valence-corrected chi connectivity index (χ2v) is 7.10. The summed E-state index contributed by atoms with van der Waals surface area (Å²) < 4.78 is 40.8. The van der Waals surface area contributed by atoms with Crippen LogP contribution in [0.15, 0.2) is 70.5 Å². The van der Waals surface area contributed by atoms with Gasteiger partial charge in [-0.25, -0.2) is 4.98 Å². The van der Waals surface area contributed by atoms with E-state index in [0.29, 0.717) is 12.0 Å². The fourth-order valence-electron chi connectivity index (χ4n) is 2.57. The molecule has 0 aliphatic rings. The summed E-state index contributed by atoms with van der Waals surface area (Å²) in [6.45, 7) is 0.222. The van der Waals surface area contributed by atoms with Crippen molar-refractivity contribution in [3.05, 3.63) is 82.3 Å². The number of aromatic amines is 1. The maximum Gasteiger partial charge on any atom is 0.418 e. The van der Waals surface area contributed by atoms with Crippen LogP contribution in [0.4, 0.5) is 18.9 Å². The lowest BCUT2D eigenvalue weighted by Gasteiger charge is -2.16. The van der Waals surface area contributed by atoms with E-state index in [1.54, 1.807) is 30.5 Å². The summed E-state index contributed by atoms with van der Waals surface area (Å²) >= 11 is 3.29. The van der Waals surface area contributed by atoms with Crippen molar-refractivity contribution in [1.82, 2.24) is 15.3 Å². The van der Waals surface area contributed by atoms with E-state index in [9.17, 15) is 18.0 Å². The quantitative estimate of drug-likeness (QED) is 0.368. The van der Waals surface area contributed by atoms with E-state index >= 15 is 0 Å². The molecule has 10 heteroatoms. The Morgan fingerprint density at radius 3 is 2.53 bits per heavy atom. The number of halogens is 4. The number of para-hydroxylation sites is 1. The normalized spacial score (nSPS) is 11.9. The number of aliphatic imine (C=N–C) groups is 1. The molecule has 156 valence electrons. The molecule has 1 aromatic heterocycles. The van der Waals surface area contributed by atoms with Gasteiger partial charge in [-0.3, -0.25) is 15.1 Å². The lowest BCUT2D eigenvalue weighted by atomic mass is 10.1. The maximum absolute atomic E-state index is 13.3. The summed E-state index contributed by atoms with van der Waals surface area (Å²) in [6.07, 6.45) is -0.935. The van der Waals surface area contributed by atoms with Crippen molar-refractivity contribution in [3.8, 4) is 0 Å². The van der Waals surface area contributed by atoms with Crippen LogP contribution in [-0.2, 0) is 12.6 Å². The first kappa shape index (κ1) is 21.6. The molecule has 6 nitrogen and oxygen atoms in total. The predicted molar refractivity (Wildman–Crippen MR) is 111 cm³/mol. The maximum atomic E-state index is 13.3. The number of H-pyrrole nitrogens is 1. The highest BCUT2D eigenvalue weighted by atomic mass is 79.9. The Balaban J connectivity index is 1.82. The van der Waals surface area contributed by atoms with Crippen molar-refractivity contribution >= 4 is 33.5 Å². The molecule has 0 saturated carbocycles. The van der Waals surface area contributed by atoms with E-state index in [2.05, 4.69) is 41.5 Å². The Labute approximate surface area is 178 Å². The van der Waals surface area contributed by atoms with Crippen LogP contribution in [0.5, 0.6) is 0 Å². The molecule has 3 N–H and O–H groups in total. The molecule has 0 aliphatic heterocycles. The van der Waals surface area contributed by atoms with Gasteiger partial charge >= 0.3 is 6.18 Å². The third-order valence-corrected chi connectivity index (χ3v) is 4.56. The molecule has 0 atom stereocenters. The number of imidazole rings is 1. The summed E-state index contributed by atoms with van der Waals surface area (Å²) in [4.78, 5) is 23.6. The second kappa shape index (κ2) is 9.57. The highest BCUT2D eigenvalue weighted by Crippen LogP contribution is 2.34. The highest BCUT2D eigenvalue weighted by Gasteiger charge is 2.33. The number of carbonyl (C=O) groups is 1. The smallest absolute Gasteiger partial charge is 0.348 e. The Hall–Kier alpha value is -3.14. The number of rotatable bonds is 5. The minimum atomic E-state index is -4.56. The number of aromatic nitrogens is 2. The number of nitrogens with zero attached hydrogens (tertiary/aromatic N) is 2. The number of nitrogens with one attached hydrogen (secondary N) is 3. The first-order chi connectivity index (χ1) is 14.3. The number of guanidine groups is 1. The molecule has 0 fully saturated rings. The van der Waals surface area contributed by atoms with Crippen molar-refractivity contribution in [3.63, 3.8) is 0 Å². The van der Waals surface area contributed by atoms with E-state index in [-0.39, 0.29) is 18.2 Å². The number of carbonyl (C=O) groups excluding carboxylic acids is 1. The predicted octanol–water partition coefficient (Wildman–Crippen LogP) is 4.63. The van der Waals surface area contributed by atoms with E-state index in [1.165, 1.54) is 24.5 Å². The fraction of sp³-hybridized carbons (Fsp3) is 0.150. The highest BCUT2D eigenvalue weighted by molar-refractivity contribution is 9.10. The summed E-state index contributed by atoms with van der Waals surface area (Å²) in [5, 5.41) is 5.16. The summed E-state index contributed by atoms with van der Waals surface area (Å²) in [7, 11) is 0. The average molecular weight is 480 g/mol. The molecule has 2 aromatic carbocycles. The SMILES string of the molecule is O=C(NC(=NCCc1cnc[nH]1)Nc1ccccc1C(F)(F)F)c1ccc(Br)cc1. The molecular weight excluding hydrogens is 463 g/mol. The number of alkyl halides is 3. The van der Waals surface area contributed by atoms with Gasteiger partial charge in [0.15, 0.2) is 0 Å². The van der Waals surface area contributed by atoms with Crippen molar-refractivity contribution in [2.24, 2.45) is 4.99 Å².